The van der Waals surface area contributed by atoms with Crippen molar-refractivity contribution in [2.75, 3.05) is 0 Å². The van der Waals surface area contributed by atoms with Crippen molar-refractivity contribution >= 4 is 0 Å². The Morgan fingerprint density at radius 2 is 1.14 bits per heavy atom. The van der Waals surface area contributed by atoms with Crippen LogP contribution < -0.4 is 0 Å². The van der Waals surface area contributed by atoms with E-state index in [4.69, 9.17) is 0 Å². The van der Waals surface area contributed by atoms with Gasteiger partial charge in [-0.05, 0) is 0 Å². The van der Waals surface area contributed by atoms with Gasteiger partial charge in [-0.15, -0.1) is 0 Å². The highest BCUT2D eigenvalue weighted by molar-refractivity contribution is 4.82. The zero-order valence-corrected chi connectivity index (χ0v) is 6.19. The molecule has 0 spiro atoms. The Hall–Kier alpha value is -0.630. The van der Waals surface area contributed by atoms with Crippen LogP contribution in [0.4, 0.5) is 39.5 Å². The van der Waals surface area contributed by atoms with Crippen LogP contribution in [0.3, 0.4) is 0 Å². The lowest BCUT2D eigenvalue weighted by Gasteiger charge is -2.22. The van der Waals surface area contributed by atoms with Crippen LogP contribution >= 0.6 is 0 Å². The highest BCUT2D eigenvalue weighted by atomic mass is 19.4. The van der Waals surface area contributed by atoms with Crippen molar-refractivity contribution in [1.82, 2.24) is 0 Å². The topological polar surface area (TPSA) is 0 Å². The molecule has 14 heavy (non-hydrogen) atoms. The SMILES string of the molecule is FC(CC(F)(F)C(F)(F)F)C(F)(F)F. The summed E-state index contributed by atoms with van der Waals surface area (Å²) >= 11 is 0. The molecule has 0 saturated heterocycles. The van der Waals surface area contributed by atoms with Gasteiger partial charge in [0.2, 0.25) is 6.17 Å². The maximum Gasteiger partial charge on any atom is 0.453 e. The summed E-state index contributed by atoms with van der Waals surface area (Å²) in [7, 11) is 0. The van der Waals surface area contributed by atoms with Gasteiger partial charge in [-0.1, -0.05) is 0 Å². The number of rotatable bonds is 2. The molecule has 86 valence electrons. The summed E-state index contributed by atoms with van der Waals surface area (Å²) in [4.78, 5) is 0. The maximum atomic E-state index is 11.8. The van der Waals surface area contributed by atoms with E-state index < -0.39 is 30.9 Å². The molecule has 0 N–H and O–H groups in total. The molecule has 0 aliphatic carbocycles. The fraction of sp³-hybridized carbons (Fsp3) is 1.00. The molecular formula is C5H3F9. The van der Waals surface area contributed by atoms with Gasteiger partial charge in [0.15, 0.2) is 0 Å². The summed E-state index contributed by atoms with van der Waals surface area (Å²) in [5, 5.41) is 0. The highest BCUT2D eigenvalue weighted by Crippen LogP contribution is 2.42. The predicted molar refractivity (Wildman–Crippen MR) is 26.6 cm³/mol. The number of alkyl halides is 9. The summed E-state index contributed by atoms with van der Waals surface area (Å²) in [6.45, 7) is 0. The van der Waals surface area contributed by atoms with Gasteiger partial charge in [0, 0.05) is 0 Å². The van der Waals surface area contributed by atoms with Gasteiger partial charge in [0.25, 0.3) is 0 Å². The molecule has 0 radical (unpaired) electrons. The molecular weight excluding hydrogens is 231 g/mol. The predicted octanol–water partition coefficient (Wildman–Crippen LogP) is 3.47. The molecule has 0 aromatic rings. The minimum absolute atomic E-state index is 2.94. The minimum Gasteiger partial charge on any atom is -0.237 e. The van der Waals surface area contributed by atoms with E-state index >= 15 is 0 Å². The molecule has 1 atom stereocenters. The Balaban J connectivity index is 4.53. The third kappa shape index (κ3) is 3.26. The van der Waals surface area contributed by atoms with E-state index in [1.807, 2.05) is 0 Å². The van der Waals surface area contributed by atoms with Crippen molar-refractivity contribution in [3.63, 3.8) is 0 Å². The van der Waals surface area contributed by atoms with Gasteiger partial charge >= 0.3 is 18.3 Å². The third-order valence-electron chi connectivity index (χ3n) is 1.21. The van der Waals surface area contributed by atoms with Gasteiger partial charge in [-0.3, -0.25) is 0 Å². The Kier molecular flexibility index (Phi) is 3.34. The summed E-state index contributed by atoms with van der Waals surface area (Å²) in [6, 6.07) is 0. The quantitative estimate of drug-likeness (QED) is 0.641. The van der Waals surface area contributed by atoms with Crippen LogP contribution in [-0.2, 0) is 0 Å². The molecule has 0 bridgehead atoms. The van der Waals surface area contributed by atoms with Gasteiger partial charge in [0.1, 0.15) is 0 Å². The molecule has 0 aromatic heterocycles. The molecule has 0 nitrogen and oxygen atoms in total. The van der Waals surface area contributed by atoms with Crippen LogP contribution in [0.25, 0.3) is 0 Å². The fourth-order valence-corrected chi connectivity index (χ4v) is 0.457. The second-order valence-electron chi connectivity index (χ2n) is 2.42. The Bertz CT molecular complexity index is 186. The summed E-state index contributed by atoms with van der Waals surface area (Å²) < 4.78 is 103. The van der Waals surface area contributed by atoms with E-state index in [-0.39, 0.29) is 0 Å². The van der Waals surface area contributed by atoms with E-state index in [0.29, 0.717) is 0 Å². The van der Waals surface area contributed by atoms with Gasteiger partial charge in [0.05, 0.1) is 6.42 Å². The first kappa shape index (κ1) is 13.4. The van der Waals surface area contributed by atoms with Gasteiger partial charge < -0.3 is 0 Å². The molecule has 9 heteroatoms. The summed E-state index contributed by atoms with van der Waals surface area (Å²) in [5.74, 6) is -5.68. The fourth-order valence-electron chi connectivity index (χ4n) is 0.457. The first-order valence-corrected chi connectivity index (χ1v) is 3.03. The smallest absolute Gasteiger partial charge is 0.237 e. The van der Waals surface area contributed by atoms with Crippen molar-refractivity contribution < 1.29 is 39.5 Å². The normalized spacial score (nSPS) is 16.9. The second kappa shape index (κ2) is 3.50. The number of hydrogen-bond acceptors (Lipinski definition) is 0. The van der Waals surface area contributed by atoms with Gasteiger partial charge in [-0.25, -0.2) is 4.39 Å². The van der Waals surface area contributed by atoms with E-state index in [0.717, 1.165) is 0 Å². The van der Waals surface area contributed by atoms with Crippen LogP contribution in [0.15, 0.2) is 0 Å². The molecule has 0 amide bonds. The lowest BCUT2D eigenvalue weighted by Crippen LogP contribution is -2.42. The van der Waals surface area contributed by atoms with E-state index in [1.165, 1.54) is 0 Å². The minimum atomic E-state index is -6.18. The Morgan fingerprint density at radius 3 is 1.36 bits per heavy atom. The molecule has 0 heterocycles. The first-order valence-electron chi connectivity index (χ1n) is 3.03. The van der Waals surface area contributed by atoms with Crippen LogP contribution in [0, 0.1) is 0 Å². The molecule has 0 saturated carbocycles. The Labute approximate surface area is 71.7 Å². The van der Waals surface area contributed by atoms with E-state index in [1.54, 1.807) is 0 Å². The number of hydrogen-bond donors (Lipinski definition) is 0. The lowest BCUT2D eigenvalue weighted by atomic mass is 10.1. The summed E-state index contributed by atoms with van der Waals surface area (Å²) in [6.07, 6.45) is -19.0. The largest absolute Gasteiger partial charge is 0.453 e. The van der Waals surface area contributed by atoms with E-state index in [2.05, 4.69) is 0 Å². The van der Waals surface area contributed by atoms with Gasteiger partial charge in [-0.2, -0.15) is 35.1 Å². The van der Waals surface area contributed by atoms with Crippen molar-refractivity contribution in [1.29, 1.82) is 0 Å². The lowest BCUT2D eigenvalue weighted by molar-refractivity contribution is -0.300. The van der Waals surface area contributed by atoms with Crippen LogP contribution in [0.2, 0.25) is 0 Å². The van der Waals surface area contributed by atoms with Crippen molar-refractivity contribution in [3.8, 4) is 0 Å². The first-order chi connectivity index (χ1) is 5.88. The zero-order valence-electron chi connectivity index (χ0n) is 6.19. The average Bonchev–Trinajstić information content (AvgIpc) is 1.80. The van der Waals surface area contributed by atoms with Crippen molar-refractivity contribution in [3.05, 3.63) is 0 Å². The molecule has 0 fully saturated rings. The van der Waals surface area contributed by atoms with Crippen LogP contribution in [0.1, 0.15) is 6.42 Å². The van der Waals surface area contributed by atoms with Crippen LogP contribution in [0.5, 0.6) is 0 Å². The third-order valence-corrected chi connectivity index (χ3v) is 1.21. The molecule has 0 rings (SSSR count). The molecule has 0 aliphatic rings. The van der Waals surface area contributed by atoms with Crippen molar-refractivity contribution in [2.45, 2.75) is 30.9 Å². The van der Waals surface area contributed by atoms with Crippen LogP contribution in [-0.4, -0.2) is 24.4 Å². The zero-order chi connectivity index (χ0) is 11.8. The number of halogens is 9. The second-order valence-corrected chi connectivity index (χ2v) is 2.42. The highest BCUT2D eigenvalue weighted by Gasteiger charge is 2.61. The van der Waals surface area contributed by atoms with E-state index in [9.17, 15) is 39.5 Å². The molecule has 0 aliphatic heterocycles. The maximum absolute atomic E-state index is 11.8. The molecule has 1 unspecified atom stereocenters. The van der Waals surface area contributed by atoms with Crippen molar-refractivity contribution in [2.24, 2.45) is 0 Å². The monoisotopic (exact) mass is 234 g/mol. The standard InChI is InChI=1S/C5H3F9/c6-2(4(9,10)11)1-3(7,8)5(12,13)14/h2H,1H2. The summed E-state index contributed by atoms with van der Waals surface area (Å²) in [5.41, 5.74) is 0. The molecule has 0 aromatic carbocycles. The Morgan fingerprint density at radius 1 is 0.786 bits per heavy atom. The average molecular weight is 234 g/mol.